The Balaban J connectivity index is 0.00000144. The van der Waals surface area contributed by atoms with E-state index in [1.54, 1.807) is 6.07 Å². The van der Waals surface area contributed by atoms with Gasteiger partial charge in [-0.15, -0.1) is 12.4 Å². The van der Waals surface area contributed by atoms with E-state index in [1.165, 1.54) is 0 Å². The minimum Gasteiger partial charge on any atom is -0.508 e. The lowest BCUT2D eigenvalue weighted by molar-refractivity contribution is 0.316. The fraction of sp³-hybridized carbons (Fsp3) is 0.538. The Morgan fingerprint density at radius 3 is 2.65 bits per heavy atom. The van der Waals surface area contributed by atoms with Gasteiger partial charge in [-0.25, -0.2) is 0 Å². The zero-order valence-electron chi connectivity index (χ0n) is 10.1. The number of aromatic hydroxyl groups is 1. The van der Waals surface area contributed by atoms with Crippen molar-refractivity contribution in [1.29, 1.82) is 0 Å². The van der Waals surface area contributed by atoms with Crippen molar-refractivity contribution < 1.29 is 5.11 Å². The van der Waals surface area contributed by atoms with Crippen molar-refractivity contribution in [2.75, 3.05) is 13.1 Å². The van der Waals surface area contributed by atoms with Gasteiger partial charge in [0.15, 0.2) is 0 Å². The molecule has 1 fully saturated rings. The summed E-state index contributed by atoms with van der Waals surface area (Å²) in [5.74, 6) is 0.811. The highest BCUT2D eigenvalue weighted by Gasteiger charge is 2.23. The van der Waals surface area contributed by atoms with E-state index in [-0.39, 0.29) is 18.4 Å². The molecule has 1 aliphatic rings. The van der Waals surface area contributed by atoms with Crippen molar-refractivity contribution in [3.8, 4) is 5.75 Å². The van der Waals surface area contributed by atoms with Crippen molar-refractivity contribution in [1.82, 2.24) is 5.32 Å². The second-order valence-corrected chi connectivity index (χ2v) is 4.68. The Bertz CT molecular complexity index is 364. The van der Waals surface area contributed by atoms with Crippen LogP contribution in [-0.2, 0) is 0 Å². The summed E-state index contributed by atoms with van der Waals surface area (Å²) in [6.45, 7) is 4.09. The van der Waals surface area contributed by atoms with Crippen LogP contribution in [-0.4, -0.2) is 18.2 Å². The molecule has 1 aromatic carbocycles. The molecule has 4 N–H and O–H groups in total. The highest BCUT2D eigenvalue weighted by Crippen LogP contribution is 2.32. The van der Waals surface area contributed by atoms with Crippen LogP contribution in [0.3, 0.4) is 0 Å². The Kier molecular flexibility index (Phi) is 5.25. The monoisotopic (exact) mass is 256 g/mol. The van der Waals surface area contributed by atoms with Gasteiger partial charge in [-0.1, -0.05) is 17.7 Å². The molecule has 1 saturated heterocycles. The second-order valence-electron chi connectivity index (χ2n) is 4.68. The standard InChI is InChI=1S/C13H20N2O.ClH/c1-9-2-3-12(16)11(8-9)13(14)10-4-6-15-7-5-10;/h2-3,8,10,13,15-16H,4-7,14H2,1H3;1H/t13-;/m1./s1. The number of nitrogens with two attached hydrogens (primary N) is 1. The highest BCUT2D eigenvalue weighted by atomic mass is 35.5. The number of halogens is 1. The first-order valence-corrected chi connectivity index (χ1v) is 5.94. The molecule has 0 aliphatic carbocycles. The molecular formula is C13H21ClN2O. The first kappa shape index (κ1) is 14.3. The SMILES string of the molecule is Cc1ccc(O)c([C@H](N)C2CCNCC2)c1.Cl. The molecular weight excluding hydrogens is 236 g/mol. The molecule has 0 radical (unpaired) electrons. The van der Waals surface area contributed by atoms with Crippen LogP contribution in [0.2, 0.25) is 0 Å². The summed E-state index contributed by atoms with van der Waals surface area (Å²) in [6.07, 6.45) is 2.18. The lowest BCUT2D eigenvalue weighted by atomic mass is 9.86. The van der Waals surface area contributed by atoms with E-state index in [4.69, 9.17) is 5.73 Å². The number of nitrogens with one attached hydrogen (secondary N) is 1. The molecule has 2 rings (SSSR count). The van der Waals surface area contributed by atoms with E-state index in [9.17, 15) is 5.11 Å². The van der Waals surface area contributed by atoms with Crippen molar-refractivity contribution >= 4 is 12.4 Å². The Morgan fingerprint density at radius 1 is 1.35 bits per heavy atom. The van der Waals surface area contributed by atoms with Gasteiger partial charge < -0.3 is 16.2 Å². The zero-order chi connectivity index (χ0) is 11.5. The largest absolute Gasteiger partial charge is 0.508 e. The van der Waals surface area contributed by atoms with Crippen molar-refractivity contribution in [2.24, 2.45) is 11.7 Å². The van der Waals surface area contributed by atoms with E-state index < -0.39 is 0 Å². The van der Waals surface area contributed by atoms with Crippen LogP contribution in [0, 0.1) is 12.8 Å². The van der Waals surface area contributed by atoms with Crippen LogP contribution in [0.5, 0.6) is 5.75 Å². The number of hydrogen-bond acceptors (Lipinski definition) is 3. The second kappa shape index (κ2) is 6.24. The summed E-state index contributed by atoms with van der Waals surface area (Å²) in [4.78, 5) is 0. The van der Waals surface area contributed by atoms with Gasteiger partial charge >= 0.3 is 0 Å². The number of hydrogen-bond donors (Lipinski definition) is 3. The molecule has 0 bridgehead atoms. The van der Waals surface area contributed by atoms with Gasteiger partial charge in [-0.2, -0.15) is 0 Å². The van der Waals surface area contributed by atoms with Crippen LogP contribution in [0.1, 0.15) is 30.0 Å². The lowest BCUT2D eigenvalue weighted by Gasteiger charge is -2.28. The van der Waals surface area contributed by atoms with Gasteiger partial charge in [0.2, 0.25) is 0 Å². The fourth-order valence-electron chi connectivity index (χ4n) is 2.40. The fourth-order valence-corrected chi connectivity index (χ4v) is 2.40. The topological polar surface area (TPSA) is 58.3 Å². The molecule has 0 amide bonds. The predicted molar refractivity (Wildman–Crippen MR) is 72.6 cm³/mol. The maximum atomic E-state index is 9.84. The van der Waals surface area contributed by atoms with Crippen molar-refractivity contribution in [2.45, 2.75) is 25.8 Å². The zero-order valence-corrected chi connectivity index (χ0v) is 11.0. The number of aryl methyl sites for hydroxylation is 1. The van der Waals surface area contributed by atoms with Crippen LogP contribution < -0.4 is 11.1 Å². The molecule has 1 aromatic rings. The summed E-state index contributed by atoms with van der Waals surface area (Å²) in [6, 6.07) is 5.61. The molecule has 17 heavy (non-hydrogen) atoms. The van der Waals surface area contributed by atoms with Gasteiger partial charge in [0, 0.05) is 11.6 Å². The van der Waals surface area contributed by atoms with Crippen LogP contribution in [0.15, 0.2) is 18.2 Å². The summed E-state index contributed by atoms with van der Waals surface area (Å²) in [7, 11) is 0. The number of phenolic OH excluding ortho intramolecular Hbond substituents is 1. The normalized spacial score (nSPS) is 18.5. The third-order valence-electron chi connectivity index (χ3n) is 3.43. The third kappa shape index (κ3) is 3.35. The van der Waals surface area contributed by atoms with E-state index in [0.29, 0.717) is 11.7 Å². The summed E-state index contributed by atoms with van der Waals surface area (Å²) < 4.78 is 0. The Labute approximate surface area is 109 Å². The molecule has 3 nitrogen and oxygen atoms in total. The Morgan fingerprint density at radius 2 is 2.00 bits per heavy atom. The number of phenols is 1. The maximum Gasteiger partial charge on any atom is 0.120 e. The van der Waals surface area contributed by atoms with E-state index in [2.05, 4.69) is 5.32 Å². The highest BCUT2D eigenvalue weighted by molar-refractivity contribution is 5.85. The van der Waals surface area contributed by atoms with Crippen LogP contribution in [0.4, 0.5) is 0 Å². The van der Waals surface area contributed by atoms with Crippen molar-refractivity contribution in [3.05, 3.63) is 29.3 Å². The molecule has 1 atom stereocenters. The van der Waals surface area contributed by atoms with E-state index in [0.717, 1.165) is 37.1 Å². The van der Waals surface area contributed by atoms with Gasteiger partial charge in [0.25, 0.3) is 0 Å². The molecule has 0 aromatic heterocycles. The molecule has 0 spiro atoms. The molecule has 1 aliphatic heterocycles. The average Bonchev–Trinajstić information content (AvgIpc) is 2.32. The summed E-state index contributed by atoms with van der Waals surface area (Å²) >= 11 is 0. The summed E-state index contributed by atoms with van der Waals surface area (Å²) in [5, 5.41) is 13.2. The van der Waals surface area contributed by atoms with Gasteiger partial charge in [0.05, 0.1) is 0 Å². The Hall–Kier alpha value is -0.770. The van der Waals surface area contributed by atoms with Crippen LogP contribution in [0.25, 0.3) is 0 Å². The minimum atomic E-state index is -0.0398. The third-order valence-corrected chi connectivity index (χ3v) is 3.43. The summed E-state index contributed by atoms with van der Waals surface area (Å²) in [5.41, 5.74) is 8.30. The number of piperidine rings is 1. The van der Waals surface area contributed by atoms with E-state index >= 15 is 0 Å². The first-order valence-electron chi connectivity index (χ1n) is 5.94. The molecule has 0 unspecified atom stereocenters. The van der Waals surface area contributed by atoms with E-state index in [1.807, 2.05) is 19.1 Å². The van der Waals surface area contributed by atoms with Crippen molar-refractivity contribution in [3.63, 3.8) is 0 Å². The van der Waals surface area contributed by atoms with Gasteiger partial charge in [-0.3, -0.25) is 0 Å². The minimum absolute atomic E-state index is 0. The lowest BCUT2D eigenvalue weighted by Crippen LogP contribution is -2.33. The maximum absolute atomic E-state index is 9.84. The molecule has 0 saturated carbocycles. The first-order chi connectivity index (χ1) is 7.68. The van der Waals surface area contributed by atoms with Gasteiger partial charge in [-0.05, 0) is 44.8 Å². The van der Waals surface area contributed by atoms with Gasteiger partial charge in [0.1, 0.15) is 5.75 Å². The van der Waals surface area contributed by atoms with Crippen LogP contribution >= 0.6 is 12.4 Å². The molecule has 4 heteroatoms. The number of benzene rings is 1. The predicted octanol–water partition coefficient (Wildman–Crippen LogP) is 2.12. The number of rotatable bonds is 2. The quantitative estimate of drug-likeness (QED) is 0.760. The smallest absolute Gasteiger partial charge is 0.120 e. The molecule has 1 heterocycles. The molecule has 96 valence electrons. The average molecular weight is 257 g/mol.